The molecule has 1 aromatic heterocycles. The second-order valence-electron chi connectivity index (χ2n) is 5.63. The quantitative estimate of drug-likeness (QED) is 0.758. The van der Waals surface area contributed by atoms with Crippen molar-refractivity contribution in [2.75, 3.05) is 10.6 Å². The number of anilines is 2. The van der Waals surface area contributed by atoms with Gasteiger partial charge in [0, 0.05) is 11.4 Å². The number of nitrogens with two attached hydrogens (primary N) is 1. The molecule has 2 amide bonds. The number of rotatable bonds is 6. The third-order valence-corrected chi connectivity index (χ3v) is 4.30. The molecule has 6 heteroatoms. The summed E-state index contributed by atoms with van der Waals surface area (Å²) in [6, 6.07) is 10.6. The standard InChI is InChI=1S/C17H21N3O2S/c1-3-10-17(2,18)16(22)20-13-8-6-12(7-9-13)19-15(21)14-5-4-11-23-14/h4-9,11H,3,10,18H2,1-2H3,(H,19,21)(H,20,22). The molecule has 2 rings (SSSR count). The highest BCUT2D eigenvalue weighted by atomic mass is 32.1. The monoisotopic (exact) mass is 331 g/mol. The van der Waals surface area contributed by atoms with Gasteiger partial charge in [0.2, 0.25) is 5.91 Å². The minimum absolute atomic E-state index is 0.144. The second kappa shape index (κ2) is 7.39. The zero-order valence-corrected chi connectivity index (χ0v) is 14.1. The Morgan fingerprint density at radius 2 is 1.74 bits per heavy atom. The first-order valence-electron chi connectivity index (χ1n) is 7.47. The van der Waals surface area contributed by atoms with Crippen molar-refractivity contribution in [3.05, 3.63) is 46.7 Å². The highest BCUT2D eigenvalue weighted by Crippen LogP contribution is 2.18. The van der Waals surface area contributed by atoms with Gasteiger partial charge >= 0.3 is 0 Å². The van der Waals surface area contributed by atoms with Crippen molar-refractivity contribution in [2.45, 2.75) is 32.2 Å². The van der Waals surface area contributed by atoms with Gasteiger partial charge in [0.05, 0.1) is 10.4 Å². The van der Waals surface area contributed by atoms with Crippen LogP contribution in [0, 0.1) is 0 Å². The molecule has 0 saturated carbocycles. The predicted molar refractivity (Wildman–Crippen MR) is 94.8 cm³/mol. The molecule has 0 fully saturated rings. The molecule has 1 atom stereocenters. The molecule has 1 aromatic carbocycles. The number of carbonyl (C=O) groups excluding carboxylic acids is 2. The largest absolute Gasteiger partial charge is 0.325 e. The molecule has 0 aliphatic carbocycles. The maximum Gasteiger partial charge on any atom is 0.265 e. The Hall–Kier alpha value is -2.18. The molecule has 5 nitrogen and oxygen atoms in total. The van der Waals surface area contributed by atoms with E-state index in [1.165, 1.54) is 11.3 Å². The van der Waals surface area contributed by atoms with Gasteiger partial charge in [-0.15, -0.1) is 11.3 Å². The van der Waals surface area contributed by atoms with Gasteiger partial charge in [0.15, 0.2) is 0 Å². The van der Waals surface area contributed by atoms with E-state index in [4.69, 9.17) is 5.73 Å². The maximum absolute atomic E-state index is 12.1. The summed E-state index contributed by atoms with van der Waals surface area (Å²) in [7, 11) is 0. The molecule has 23 heavy (non-hydrogen) atoms. The molecule has 0 radical (unpaired) electrons. The van der Waals surface area contributed by atoms with Crippen LogP contribution in [0.2, 0.25) is 0 Å². The molecular formula is C17H21N3O2S. The first-order chi connectivity index (χ1) is 10.9. The molecule has 0 spiro atoms. The summed E-state index contributed by atoms with van der Waals surface area (Å²) >= 11 is 1.39. The lowest BCUT2D eigenvalue weighted by Gasteiger charge is -2.22. The Kier molecular flexibility index (Phi) is 5.52. The number of benzene rings is 1. The highest BCUT2D eigenvalue weighted by Gasteiger charge is 2.27. The van der Waals surface area contributed by atoms with E-state index in [2.05, 4.69) is 10.6 Å². The second-order valence-corrected chi connectivity index (χ2v) is 6.58. The van der Waals surface area contributed by atoms with Crippen molar-refractivity contribution in [1.82, 2.24) is 0 Å². The van der Waals surface area contributed by atoms with Gasteiger partial charge < -0.3 is 16.4 Å². The normalized spacial score (nSPS) is 13.2. The van der Waals surface area contributed by atoms with E-state index in [9.17, 15) is 9.59 Å². The van der Waals surface area contributed by atoms with Gasteiger partial charge in [-0.2, -0.15) is 0 Å². The summed E-state index contributed by atoms with van der Waals surface area (Å²) in [5.74, 6) is -0.357. The average Bonchev–Trinajstić information content (AvgIpc) is 3.03. The fourth-order valence-corrected chi connectivity index (χ4v) is 2.76. The van der Waals surface area contributed by atoms with E-state index >= 15 is 0 Å². The van der Waals surface area contributed by atoms with Gasteiger partial charge in [0.1, 0.15) is 0 Å². The summed E-state index contributed by atoms with van der Waals surface area (Å²) in [6.07, 6.45) is 1.46. The minimum atomic E-state index is -0.888. The summed E-state index contributed by atoms with van der Waals surface area (Å²) in [6.45, 7) is 3.71. The molecule has 0 saturated heterocycles. The fraction of sp³-hybridized carbons (Fsp3) is 0.294. The van der Waals surface area contributed by atoms with Gasteiger partial charge in [-0.25, -0.2) is 0 Å². The summed E-state index contributed by atoms with van der Waals surface area (Å²) in [5.41, 5.74) is 6.43. The SMILES string of the molecule is CCCC(C)(N)C(=O)Nc1ccc(NC(=O)c2cccs2)cc1. The lowest BCUT2D eigenvalue weighted by Crippen LogP contribution is -2.48. The summed E-state index contributed by atoms with van der Waals surface area (Å²) < 4.78 is 0. The van der Waals surface area contributed by atoms with Gasteiger partial charge in [-0.3, -0.25) is 9.59 Å². The maximum atomic E-state index is 12.1. The number of thiophene rings is 1. The lowest BCUT2D eigenvalue weighted by atomic mass is 9.96. The van der Waals surface area contributed by atoms with Crippen LogP contribution < -0.4 is 16.4 Å². The fourth-order valence-electron chi connectivity index (χ4n) is 2.14. The van der Waals surface area contributed by atoms with Crippen LogP contribution in [0.15, 0.2) is 41.8 Å². The van der Waals surface area contributed by atoms with E-state index in [1.807, 2.05) is 18.4 Å². The molecule has 0 aliphatic rings. The molecular weight excluding hydrogens is 310 g/mol. The van der Waals surface area contributed by atoms with Crippen LogP contribution in [-0.4, -0.2) is 17.4 Å². The summed E-state index contributed by atoms with van der Waals surface area (Å²) in [4.78, 5) is 24.7. The summed E-state index contributed by atoms with van der Waals surface area (Å²) in [5, 5.41) is 7.46. The molecule has 1 heterocycles. The third-order valence-electron chi connectivity index (χ3n) is 3.43. The molecule has 0 bridgehead atoms. The van der Waals surface area contributed by atoms with Gasteiger partial charge in [-0.05, 0) is 49.1 Å². The van der Waals surface area contributed by atoms with Gasteiger partial charge in [-0.1, -0.05) is 19.4 Å². The van der Waals surface area contributed by atoms with Crippen molar-refractivity contribution in [2.24, 2.45) is 5.73 Å². The molecule has 4 N–H and O–H groups in total. The van der Waals surface area contributed by atoms with E-state index in [-0.39, 0.29) is 11.8 Å². The Labute approximate surface area is 139 Å². The molecule has 0 aliphatic heterocycles. The highest BCUT2D eigenvalue weighted by molar-refractivity contribution is 7.12. The van der Waals surface area contributed by atoms with Crippen molar-refractivity contribution < 1.29 is 9.59 Å². The number of hydrogen-bond donors (Lipinski definition) is 3. The van der Waals surface area contributed by atoms with E-state index in [0.29, 0.717) is 22.7 Å². The van der Waals surface area contributed by atoms with E-state index in [0.717, 1.165) is 6.42 Å². The minimum Gasteiger partial charge on any atom is -0.325 e. The Morgan fingerprint density at radius 1 is 1.13 bits per heavy atom. The van der Waals surface area contributed by atoms with Crippen LogP contribution in [-0.2, 0) is 4.79 Å². The first kappa shape index (κ1) is 17.2. The van der Waals surface area contributed by atoms with Crippen LogP contribution in [0.3, 0.4) is 0 Å². The van der Waals surface area contributed by atoms with Crippen molar-refractivity contribution >= 4 is 34.5 Å². The molecule has 122 valence electrons. The van der Waals surface area contributed by atoms with Crippen molar-refractivity contribution in [3.63, 3.8) is 0 Å². The van der Waals surface area contributed by atoms with Crippen LogP contribution in [0.5, 0.6) is 0 Å². The number of hydrogen-bond acceptors (Lipinski definition) is 4. The van der Waals surface area contributed by atoms with Crippen molar-refractivity contribution in [1.29, 1.82) is 0 Å². The molecule has 1 unspecified atom stereocenters. The number of carbonyl (C=O) groups is 2. The van der Waals surface area contributed by atoms with E-state index in [1.54, 1.807) is 37.3 Å². The third kappa shape index (κ3) is 4.64. The van der Waals surface area contributed by atoms with Gasteiger partial charge in [0.25, 0.3) is 5.91 Å². The average molecular weight is 331 g/mol. The predicted octanol–water partition coefficient (Wildman–Crippen LogP) is 3.46. The Balaban J connectivity index is 1.97. The zero-order valence-electron chi connectivity index (χ0n) is 13.3. The lowest BCUT2D eigenvalue weighted by molar-refractivity contribution is -0.120. The smallest absolute Gasteiger partial charge is 0.265 e. The van der Waals surface area contributed by atoms with Crippen LogP contribution in [0.1, 0.15) is 36.4 Å². The molecule has 2 aromatic rings. The van der Waals surface area contributed by atoms with Crippen LogP contribution >= 0.6 is 11.3 Å². The first-order valence-corrected chi connectivity index (χ1v) is 8.35. The Bertz CT molecular complexity index is 664. The number of amides is 2. The number of nitrogens with one attached hydrogen (secondary N) is 2. The Morgan fingerprint density at radius 3 is 2.26 bits per heavy atom. The van der Waals surface area contributed by atoms with E-state index < -0.39 is 5.54 Å². The zero-order chi connectivity index (χ0) is 16.9. The van der Waals surface area contributed by atoms with Crippen LogP contribution in [0.25, 0.3) is 0 Å². The van der Waals surface area contributed by atoms with Crippen LogP contribution in [0.4, 0.5) is 11.4 Å². The van der Waals surface area contributed by atoms with Crippen molar-refractivity contribution in [3.8, 4) is 0 Å². The topological polar surface area (TPSA) is 84.2 Å².